The Morgan fingerprint density at radius 2 is 1.83 bits per heavy atom. The smallest absolute Gasteiger partial charge is 0.410 e. The lowest BCUT2D eigenvalue weighted by Gasteiger charge is -2.24. The molecule has 2 amide bonds. The number of amides is 2. The highest BCUT2D eigenvalue weighted by Crippen LogP contribution is 2.20. The zero-order chi connectivity index (χ0) is 25.3. The minimum absolute atomic E-state index is 0.130. The van der Waals surface area contributed by atoms with Gasteiger partial charge in [0.05, 0.1) is 34.6 Å². The molecular formula is C25H25N5O5. The number of para-hydroxylation sites is 1. The number of carbonyl (C=O) groups excluding carboxylic acids is 2. The number of nitrogens with one attached hydrogen (secondary N) is 2. The summed E-state index contributed by atoms with van der Waals surface area (Å²) in [7, 11) is 0. The van der Waals surface area contributed by atoms with Crippen molar-refractivity contribution in [1.82, 2.24) is 19.8 Å². The summed E-state index contributed by atoms with van der Waals surface area (Å²) in [6.45, 7) is 5.52. The van der Waals surface area contributed by atoms with Gasteiger partial charge < -0.3 is 19.9 Å². The molecule has 2 aromatic carbocycles. The Bertz CT molecular complexity index is 1450. The summed E-state index contributed by atoms with van der Waals surface area (Å²) in [5.74, 6) is -1.10. The van der Waals surface area contributed by atoms with Gasteiger partial charge >= 0.3 is 11.8 Å². The summed E-state index contributed by atoms with van der Waals surface area (Å²) in [5, 5.41) is 12.6. The van der Waals surface area contributed by atoms with Gasteiger partial charge in [-0.05, 0) is 51.1 Å². The van der Waals surface area contributed by atoms with Crippen molar-refractivity contribution in [1.29, 1.82) is 5.26 Å². The standard InChI is InChI=1S/C25H25N5O5/c1-25(2,3)35-24(34)29-13-16(12-26)20(14-29)27-21(31)15-9-10-18-19(11-15)28-23(33)30(22(18)32)17-7-5-4-6-8-17/h4-11,16,20H,13-14H2,1-3H3,(H,27,31)(H,28,33). The third kappa shape index (κ3) is 4.94. The fourth-order valence-electron chi connectivity index (χ4n) is 3.98. The lowest BCUT2D eigenvalue weighted by atomic mass is 10.0. The highest BCUT2D eigenvalue weighted by Gasteiger charge is 2.38. The number of ether oxygens (including phenoxy) is 1. The molecule has 0 aliphatic carbocycles. The van der Waals surface area contributed by atoms with Crippen LogP contribution in [0.3, 0.4) is 0 Å². The Labute approximate surface area is 200 Å². The van der Waals surface area contributed by atoms with Crippen molar-refractivity contribution < 1.29 is 14.3 Å². The van der Waals surface area contributed by atoms with Gasteiger partial charge in [-0.25, -0.2) is 14.2 Å². The van der Waals surface area contributed by atoms with Gasteiger partial charge in [0.1, 0.15) is 5.60 Å². The molecule has 180 valence electrons. The van der Waals surface area contributed by atoms with Crippen LogP contribution >= 0.6 is 0 Å². The van der Waals surface area contributed by atoms with E-state index in [0.717, 1.165) is 4.57 Å². The van der Waals surface area contributed by atoms with Crippen LogP contribution in [0.4, 0.5) is 4.79 Å². The molecule has 1 fully saturated rings. The Morgan fingerprint density at radius 3 is 2.49 bits per heavy atom. The van der Waals surface area contributed by atoms with Crippen LogP contribution in [0, 0.1) is 17.2 Å². The number of aromatic amines is 1. The van der Waals surface area contributed by atoms with Crippen LogP contribution < -0.4 is 16.6 Å². The Balaban J connectivity index is 1.56. The zero-order valence-corrected chi connectivity index (χ0v) is 19.6. The Kier molecular flexibility index (Phi) is 6.18. The number of hydrogen-bond acceptors (Lipinski definition) is 6. The number of carbonyl (C=O) groups is 2. The van der Waals surface area contributed by atoms with Gasteiger partial charge in [0, 0.05) is 18.7 Å². The van der Waals surface area contributed by atoms with Crippen molar-refractivity contribution >= 4 is 22.9 Å². The van der Waals surface area contributed by atoms with E-state index in [1.54, 1.807) is 51.1 Å². The molecule has 2 unspecified atom stereocenters. The maximum Gasteiger partial charge on any atom is 0.410 e. The van der Waals surface area contributed by atoms with Gasteiger partial charge in [-0.2, -0.15) is 5.26 Å². The first-order valence-corrected chi connectivity index (χ1v) is 11.1. The van der Waals surface area contributed by atoms with E-state index in [9.17, 15) is 24.4 Å². The molecule has 0 saturated carbocycles. The summed E-state index contributed by atoms with van der Waals surface area (Å²) < 4.78 is 6.40. The topological polar surface area (TPSA) is 137 Å². The van der Waals surface area contributed by atoms with E-state index in [1.807, 2.05) is 0 Å². The normalized spacial score (nSPS) is 17.7. The van der Waals surface area contributed by atoms with Gasteiger partial charge in [-0.3, -0.25) is 9.59 Å². The van der Waals surface area contributed by atoms with Crippen LogP contribution in [0.15, 0.2) is 58.1 Å². The van der Waals surface area contributed by atoms with Crippen molar-refractivity contribution in [3.8, 4) is 11.8 Å². The molecule has 0 radical (unpaired) electrons. The van der Waals surface area contributed by atoms with Crippen molar-refractivity contribution in [2.24, 2.45) is 5.92 Å². The molecule has 10 heteroatoms. The molecule has 10 nitrogen and oxygen atoms in total. The number of hydrogen-bond donors (Lipinski definition) is 2. The fourth-order valence-corrected chi connectivity index (χ4v) is 3.98. The van der Waals surface area contributed by atoms with Crippen LogP contribution in [0.25, 0.3) is 16.6 Å². The maximum atomic E-state index is 12.9. The average molecular weight is 476 g/mol. The van der Waals surface area contributed by atoms with Gasteiger partial charge in [-0.15, -0.1) is 0 Å². The predicted octanol–water partition coefficient (Wildman–Crippen LogP) is 2.17. The number of H-pyrrole nitrogens is 1. The van der Waals surface area contributed by atoms with Gasteiger partial charge in [0.25, 0.3) is 11.5 Å². The lowest BCUT2D eigenvalue weighted by Crippen LogP contribution is -2.41. The summed E-state index contributed by atoms with van der Waals surface area (Å²) in [5.41, 5.74) is -0.951. The van der Waals surface area contributed by atoms with Crippen LogP contribution in [0.2, 0.25) is 0 Å². The van der Waals surface area contributed by atoms with E-state index in [4.69, 9.17) is 4.74 Å². The zero-order valence-electron chi connectivity index (χ0n) is 19.6. The highest BCUT2D eigenvalue weighted by molar-refractivity contribution is 5.98. The average Bonchev–Trinajstić information content (AvgIpc) is 3.21. The van der Waals surface area contributed by atoms with E-state index in [1.165, 1.54) is 23.1 Å². The third-order valence-corrected chi connectivity index (χ3v) is 5.63. The lowest BCUT2D eigenvalue weighted by molar-refractivity contribution is 0.0287. The Morgan fingerprint density at radius 1 is 1.11 bits per heavy atom. The molecule has 1 aliphatic heterocycles. The highest BCUT2D eigenvalue weighted by atomic mass is 16.6. The molecule has 2 atom stereocenters. The number of fused-ring (bicyclic) bond motifs is 1. The first-order valence-electron chi connectivity index (χ1n) is 11.1. The van der Waals surface area contributed by atoms with Gasteiger partial charge in [0.2, 0.25) is 0 Å². The maximum absolute atomic E-state index is 12.9. The van der Waals surface area contributed by atoms with Gasteiger partial charge in [-0.1, -0.05) is 18.2 Å². The monoisotopic (exact) mass is 475 g/mol. The molecule has 1 aliphatic rings. The van der Waals surface area contributed by atoms with E-state index < -0.39 is 40.8 Å². The number of aromatic nitrogens is 2. The number of benzene rings is 2. The van der Waals surface area contributed by atoms with Crippen molar-refractivity contribution in [3.05, 3.63) is 74.9 Å². The second kappa shape index (κ2) is 9.10. The fraction of sp³-hybridized carbons (Fsp3) is 0.320. The van der Waals surface area contributed by atoms with Crippen LogP contribution in [0.1, 0.15) is 31.1 Å². The summed E-state index contributed by atoms with van der Waals surface area (Å²) in [6, 6.07) is 14.4. The molecule has 2 N–H and O–H groups in total. The van der Waals surface area contributed by atoms with Crippen molar-refractivity contribution in [3.63, 3.8) is 0 Å². The summed E-state index contributed by atoms with van der Waals surface area (Å²) >= 11 is 0. The molecular weight excluding hydrogens is 450 g/mol. The Hall–Kier alpha value is -4.39. The number of nitrogens with zero attached hydrogens (tertiary/aromatic N) is 3. The van der Waals surface area contributed by atoms with Crippen LogP contribution in [-0.2, 0) is 4.74 Å². The SMILES string of the molecule is CC(C)(C)OC(=O)N1CC(C#N)C(NC(=O)c2ccc3c(=O)n(-c4ccccc4)c(=O)[nH]c3c2)C1. The molecule has 4 rings (SSSR count). The minimum atomic E-state index is -0.679. The summed E-state index contributed by atoms with van der Waals surface area (Å²) in [6.07, 6.45) is -0.549. The van der Waals surface area contributed by atoms with Crippen molar-refractivity contribution in [2.45, 2.75) is 32.4 Å². The molecule has 1 aromatic heterocycles. The first-order chi connectivity index (χ1) is 16.6. The first kappa shape index (κ1) is 23.8. The molecule has 1 saturated heterocycles. The molecule has 3 aromatic rings. The second-order valence-electron chi connectivity index (χ2n) is 9.37. The van der Waals surface area contributed by atoms with Gasteiger partial charge in [0.15, 0.2) is 0 Å². The molecule has 35 heavy (non-hydrogen) atoms. The third-order valence-electron chi connectivity index (χ3n) is 5.63. The van der Waals surface area contributed by atoms with E-state index in [0.29, 0.717) is 5.69 Å². The second-order valence-corrected chi connectivity index (χ2v) is 9.37. The minimum Gasteiger partial charge on any atom is -0.444 e. The van der Waals surface area contributed by atoms with E-state index in [2.05, 4.69) is 16.4 Å². The molecule has 2 heterocycles. The number of likely N-dealkylation sites (tertiary alicyclic amines) is 1. The van der Waals surface area contributed by atoms with Crippen LogP contribution in [-0.4, -0.2) is 51.2 Å². The quantitative estimate of drug-likeness (QED) is 0.596. The van der Waals surface area contributed by atoms with E-state index in [-0.39, 0.29) is 29.6 Å². The van der Waals surface area contributed by atoms with E-state index >= 15 is 0 Å². The van der Waals surface area contributed by atoms with Crippen molar-refractivity contribution in [2.75, 3.05) is 13.1 Å². The number of rotatable bonds is 3. The molecule has 0 bridgehead atoms. The van der Waals surface area contributed by atoms with Crippen LogP contribution in [0.5, 0.6) is 0 Å². The molecule has 0 spiro atoms. The predicted molar refractivity (Wildman–Crippen MR) is 128 cm³/mol. The summed E-state index contributed by atoms with van der Waals surface area (Å²) in [4.78, 5) is 54.9. The largest absolute Gasteiger partial charge is 0.444 e. The number of nitriles is 1.